The van der Waals surface area contributed by atoms with Gasteiger partial charge in [-0.2, -0.15) is 0 Å². The maximum atomic E-state index is 13.2. The molecular weight excluding hydrogens is 331 g/mol. The maximum Gasteiger partial charge on any atom is 0.317 e. The summed E-state index contributed by atoms with van der Waals surface area (Å²) in [5.74, 6) is -2.22. The van der Waals surface area contributed by atoms with E-state index >= 15 is 0 Å². The van der Waals surface area contributed by atoms with E-state index in [0.717, 1.165) is 22.3 Å². The van der Waals surface area contributed by atoms with E-state index in [9.17, 15) is 14.0 Å². The summed E-state index contributed by atoms with van der Waals surface area (Å²) < 4.78 is 18.4. The molecule has 0 aromatic heterocycles. The summed E-state index contributed by atoms with van der Waals surface area (Å²) in [6.07, 6.45) is 2.02. The highest BCUT2D eigenvalue weighted by atomic mass is 19.1. The first-order valence-corrected chi connectivity index (χ1v) is 8.73. The summed E-state index contributed by atoms with van der Waals surface area (Å²) in [6, 6.07) is 13.8. The van der Waals surface area contributed by atoms with Crippen molar-refractivity contribution in [3.05, 3.63) is 77.1 Å². The van der Waals surface area contributed by atoms with Gasteiger partial charge in [0, 0.05) is 5.92 Å². The number of halogens is 1. The van der Waals surface area contributed by atoms with Crippen LogP contribution in [0.2, 0.25) is 0 Å². The number of esters is 1. The molecule has 3 rings (SSSR count). The van der Waals surface area contributed by atoms with Gasteiger partial charge < -0.3 is 4.74 Å². The highest BCUT2D eigenvalue weighted by Gasteiger charge is 2.40. The number of aryl methyl sites for hydroxylation is 1. The predicted molar refractivity (Wildman–Crippen MR) is 98.0 cm³/mol. The van der Waals surface area contributed by atoms with Gasteiger partial charge in [-0.05, 0) is 60.7 Å². The van der Waals surface area contributed by atoms with E-state index < -0.39 is 11.9 Å². The molecule has 1 aliphatic rings. The molecule has 0 saturated heterocycles. The van der Waals surface area contributed by atoms with Crippen molar-refractivity contribution in [2.24, 2.45) is 5.92 Å². The Morgan fingerprint density at radius 2 is 1.85 bits per heavy atom. The molecule has 26 heavy (non-hydrogen) atoms. The topological polar surface area (TPSA) is 43.4 Å². The molecule has 4 heteroatoms. The lowest BCUT2D eigenvalue weighted by atomic mass is 9.72. The van der Waals surface area contributed by atoms with Gasteiger partial charge in [0.05, 0.1) is 6.61 Å². The predicted octanol–water partition coefficient (Wildman–Crippen LogP) is 4.45. The molecule has 2 atom stereocenters. The van der Waals surface area contributed by atoms with Crippen LogP contribution in [0.1, 0.15) is 36.0 Å². The summed E-state index contributed by atoms with van der Waals surface area (Å²) in [5.41, 5.74) is 3.59. The minimum Gasteiger partial charge on any atom is -0.465 e. The van der Waals surface area contributed by atoms with Crippen molar-refractivity contribution in [2.75, 3.05) is 6.61 Å². The van der Waals surface area contributed by atoms with Crippen molar-refractivity contribution in [1.82, 2.24) is 0 Å². The average Bonchev–Trinajstić information content (AvgIpc) is 2.62. The van der Waals surface area contributed by atoms with E-state index in [4.69, 9.17) is 4.74 Å². The lowest BCUT2D eigenvalue weighted by molar-refractivity contribution is -0.151. The summed E-state index contributed by atoms with van der Waals surface area (Å²) in [7, 11) is 0. The van der Waals surface area contributed by atoms with Gasteiger partial charge in [-0.15, -0.1) is 0 Å². The number of carbonyl (C=O) groups is 2. The fraction of sp³-hybridized carbons (Fsp3) is 0.273. The standard InChI is InChI=1S/C22H21FO3/c1-3-26-22(25)21-19(18-7-5-4-6-14(18)2)12-16(13-20(21)24)15-8-10-17(23)11-9-15/h4-11,13,19,21H,3,12H2,1-2H3/t19-,21-/m1/s1. The fourth-order valence-electron chi connectivity index (χ4n) is 3.54. The molecule has 0 heterocycles. The van der Waals surface area contributed by atoms with Gasteiger partial charge in [-0.3, -0.25) is 9.59 Å². The molecule has 0 saturated carbocycles. The zero-order valence-corrected chi connectivity index (χ0v) is 14.9. The first-order valence-electron chi connectivity index (χ1n) is 8.73. The molecule has 0 fully saturated rings. The van der Waals surface area contributed by atoms with Crippen molar-refractivity contribution in [3.8, 4) is 0 Å². The van der Waals surface area contributed by atoms with E-state index in [1.165, 1.54) is 18.2 Å². The number of benzene rings is 2. The summed E-state index contributed by atoms with van der Waals surface area (Å²) in [4.78, 5) is 25.3. The Morgan fingerprint density at radius 3 is 2.50 bits per heavy atom. The lowest BCUT2D eigenvalue weighted by Gasteiger charge is -2.30. The van der Waals surface area contributed by atoms with Crippen molar-refractivity contribution in [2.45, 2.75) is 26.2 Å². The van der Waals surface area contributed by atoms with Gasteiger partial charge in [-0.25, -0.2) is 4.39 Å². The molecule has 0 aliphatic heterocycles. The van der Waals surface area contributed by atoms with E-state index in [0.29, 0.717) is 6.42 Å². The van der Waals surface area contributed by atoms with Crippen LogP contribution in [0.25, 0.3) is 5.57 Å². The molecule has 0 bridgehead atoms. The zero-order chi connectivity index (χ0) is 18.7. The van der Waals surface area contributed by atoms with Gasteiger partial charge in [0.2, 0.25) is 0 Å². The van der Waals surface area contributed by atoms with Crippen LogP contribution in [0.5, 0.6) is 0 Å². The number of ether oxygens (including phenoxy) is 1. The van der Waals surface area contributed by atoms with Crippen LogP contribution in [0, 0.1) is 18.7 Å². The van der Waals surface area contributed by atoms with Crippen LogP contribution in [0.4, 0.5) is 4.39 Å². The molecule has 0 spiro atoms. The Kier molecular flexibility index (Phi) is 5.31. The molecule has 2 aromatic rings. The molecule has 1 aliphatic carbocycles. The van der Waals surface area contributed by atoms with E-state index in [2.05, 4.69) is 0 Å². The normalized spacial score (nSPS) is 19.8. The Balaban J connectivity index is 2.04. The van der Waals surface area contributed by atoms with Crippen LogP contribution in [-0.4, -0.2) is 18.4 Å². The van der Waals surface area contributed by atoms with E-state index in [1.54, 1.807) is 19.1 Å². The summed E-state index contributed by atoms with van der Waals surface area (Å²) in [5, 5.41) is 0. The summed E-state index contributed by atoms with van der Waals surface area (Å²) >= 11 is 0. The Hall–Kier alpha value is -2.75. The molecular formula is C22H21FO3. The number of hydrogen-bond acceptors (Lipinski definition) is 3. The largest absolute Gasteiger partial charge is 0.465 e. The first-order chi connectivity index (χ1) is 12.5. The molecule has 0 radical (unpaired) electrons. The quantitative estimate of drug-likeness (QED) is 0.603. The van der Waals surface area contributed by atoms with Crippen molar-refractivity contribution >= 4 is 17.3 Å². The van der Waals surface area contributed by atoms with Gasteiger partial charge >= 0.3 is 5.97 Å². The average molecular weight is 352 g/mol. The number of rotatable bonds is 4. The van der Waals surface area contributed by atoms with E-state index in [-0.39, 0.29) is 24.1 Å². The molecule has 0 amide bonds. The number of carbonyl (C=O) groups excluding carboxylic acids is 2. The lowest BCUT2D eigenvalue weighted by Crippen LogP contribution is -2.34. The smallest absolute Gasteiger partial charge is 0.317 e. The maximum absolute atomic E-state index is 13.2. The van der Waals surface area contributed by atoms with Crippen molar-refractivity contribution < 1.29 is 18.7 Å². The Labute approximate surface area is 152 Å². The van der Waals surface area contributed by atoms with Crippen molar-refractivity contribution in [1.29, 1.82) is 0 Å². The number of ketones is 1. The van der Waals surface area contributed by atoms with Gasteiger partial charge in [0.15, 0.2) is 5.78 Å². The second-order valence-corrected chi connectivity index (χ2v) is 6.48. The Morgan fingerprint density at radius 1 is 1.15 bits per heavy atom. The molecule has 3 nitrogen and oxygen atoms in total. The third-order valence-corrected chi connectivity index (χ3v) is 4.81. The number of hydrogen-bond donors (Lipinski definition) is 0. The third-order valence-electron chi connectivity index (χ3n) is 4.81. The van der Waals surface area contributed by atoms with Crippen LogP contribution in [-0.2, 0) is 14.3 Å². The molecule has 2 aromatic carbocycles. The second-order valence-electron chi connectivity index (χ2n) is 6.48. The number of allylic oxidation sites excluding steroid dienone is 2. The molecule has 0 N–H and O–H groups in total. The van der Waals surface area contributed by atoms with Crippen LogP contribution >= 0.6 is 0 Å². The van der Waals surface area contributed by atoms with Crippen molar-refractivity contribution in [3.63, 3.8) is 0 Å². The monoisotopic (exact) mass is 352 g/mol. The van der Waals surface area contributed by atoms with Gasteiger partial charge in [-0.1, -0.05) is 36.4 Å². The zero-order valence-electron chi connectivity index (χ0n) is 14.9. The van der Waals surface area contributed by atoms with Crippen LogP contribution in [0.3, 0.4) is 0 Å². The molecule has 134 valence electrons. The molecule has 0 unspecified atom stereocenters. The summed E-state index contributed by atoms with van der Waals surface area (Å²) in [6.45, 7) is 3.93. The third kappa shape index (κ3) is 3.59. The minimum absolute atomic E-state index is 0.234. The highest BCUT2D eigenvalue weighted by Crippen LogP contribution is 2.41. The highest BCUT2D eigenvalue weighted by molar-refractivity contribution is 6.10. The van der Waals surface area contributed by atoms with E-state index in [1.807, 2.05) is 31.2 Å². The fourth-order valence-corrected chi connectivity index (χ4v) is 3.54. The Bertz CT molecular complexity index is 852. The van der Waals surface area contributed by atoms with Crippen LogP contribution < -0.4 is 0 Å². The first kappa shape index (κ1) is 18.1. The minimum atomic E-state index is -0.847. The SMILES string of the molecule is CCOC(=O)[C@H]1C(=O)C=C(c2ccc(F)cc2)C[C@@H]1c1ccccc1C. The van der Waals surface area contributed by atoms with Gasteiger partial charge in [0.25, 0.3) is 0 Å². The second kappa shape index (κ2) is 7.65. The van der Waals surface area contributed by atoms with Gasteiger partial charge in [0.1, 0.15) is 11.7 Å². The van der Waals surface area contributed by atoms with Crippen LogP contribution in [0.15, 0.2) is 54.6 Å².